The van der Waals surface area contributed by atoms with Gasteiger partial charge in [-0.25, -0.2) is 18.0 Å². The SMILES string of the molecule is CCCOC(=O)c1c[nH]c2c(=O)[nH]c3ccc(S(=O)(=O)N(C)CCN(C)C(=O)OC(C)(C)C)cc3c12. The number of pyridine rings is 1. The number of likely N-dealkylation sites (N-methyl/N-ethyl adjacent to an activating group) is 2. The Morgan fingerprint density at radius 3 is 2.44 bits per heavy atom. The maximum atomic E-state index is 13.3. The fourth-order valence-corrected chi connectivity index (χ4v) is 4.71. The predicted octanol–water partition coefficient (Wildman–Crippen LogP) is 3.06. The van der Waals surface area contributed by atoms with Gasteiger partial charge in [-0.15, -0.1) is 0 Å². The Bertz CT molecular complexity index is 1450. The summed E-state index contributed by atoms with van der Waals surface area (Å²) in [6, 6.07) is 4.29. The molecule has 12 heteroatoms. The van der Waals surface area contributed by atoms with Crippen molar-refractivity contribution in [2.24, 2.45) is 0 Å². The number of esters is 1. The van der Waals surface area contributed by atoms with Gasteiger partial charge < -0.3 is 24.3 Å². The molecule has 1 aromatic carbocycles. The second-order valence-electron chi connectivity index (χ2n) is 9.48. The first-order chi connectivity index (χ1) is 16.8. The van der Waals surface area contributed by atoms with Gasteiger partial charge >= 0.3 is 12.1 Å². The van der Waals surface area contributed by atoms with Gasteiger partial charge in [-0.1, -0.05) is 6.92 Å². The predicted molar refractivity (Wildman–Crippen MR) is 136 cm³/mol. The highest BCUT2D eigenvalue weighted by Crippen LogP contribution is 2.28. The van der Waals surface area contributed by atoms with Crippen molar-refractivity contribution in [1.29, 1.82) is 0 Å². The van der Waals surface area contributed by atoms with Gasteiger partial charge in [0.25, 0.3) is 5.56 Å². The summed E-state index contributed by atoms with van der Waals surface area (Å²) in [6.45, 7) is 7.46. The highest BCUT2D eigenvalue weighted by Gasteiger charge is 2.25. The van der Waals surface area contributed by atoms with Crippen molar-refractivity contribution < 1.29 is 27.5 Å². The summed E-state index contributed by atoms with van der Waals surface area (Å²) >= 11 is 0. The third kappa shape index (κ3) is 5.71. The molecule has 0 spiro atoms. The Balaban J connectivity index is 1.94. The van der Waals surface area contributed by atoms with Crippen LogP contribution in [-0.4, -0.2) is 79.0 Å². The Morgan fingerprint density at radius 2 is 1.81 bits per heavy atom. The van der Waals surface area contributed by atoms with Gasteiger partial charge in [0.05, 0.1) is 17.1 Å². The van der Waals surface area contributed by atoms with E-state index in [-0.39, 0.29) is 35.7 Å². The summed E-state index contributed by atoms with van der Waals surface area (Å²) in [5, 5.41) is 0.675. The first-order valence-electron chi connectivity index (χ1n) is 11.5. The fraction of sp³-hybridized carbons (Fsp3) is 0.458. The van der Waals surface area contributed by atoms with Crippen molar-refractivity contribution >= 4 is 43.9 Å². The number of hydrogen-bond acceptors (Lipinski definition) is 7. The average Bonchev–Trinajstić information content (AvgIpc) is 3.25. The molecule has 0 bridgehead atoms. The van der Waals surface area contributed by atoms with Crippen molar-refractivity contribution in [3.05, 3.63) is 40.3 Å². The minimum atomic E-state index is -3.96. The van der Waals surface area contributed by atoms with E-state index >= 15 is 0 Å². The first kappa shape index (κ1) is 27.2. The van der Waals surface area contributed by atoms with Gasteiger partial charge in [0.1, 0.15) is 11.1 Å². The smallest absolute Gasteiger partial charge is 0.410 e. The summed E-state index contributed by atoms with van der Waals surface area (Å²) in [4.78, 5) is 44.1. The molecule has 0 saturated heterocycles. The summed E-state index contributed by atoms with van der Waals surface area (Å²) in [7, 11) is -1.02. The molecule has 3 rings (SSSR count). The Kier molecular flexibility index (Phi) is 7.79. The van der Waals surface area contributed by atoms with Crippen molar-refractivity contribution in [2.45, 2.75) is 44.6 Å². The monoisotopic (exact) mass is 520 g/mol. The van der Waals surface area contributed by atoms with Crippen LogP contribution >= 0.6 is 0 Å². The fourth-order valence-electron chi connectivity index (χ4n) is 3.52. The van der Waals surface area contributed by atoms with Gasteiger partial charge in [0.2, 0.25) is 10.0 Å². The molecule has 0 fully saturated rings. The van der Waals surface area contributed by atoms with Crippen molar-refractivity contribution in [1.82, 2.24) is 19.2 Å². The van der Waals surface area contributed by atoms with E-state index in [9.17, 15) is 22.8 Å². The zero-order valence-electron chi connectivity index (χ0n) is 21.3. The maximum absolute atomic E-state index is 13.3. The Hall–Kier alpha value is -3.38. The molecule has 2 heterocycles. The van der Waals surface area contributed by atoms with Crippen LogP contribution in [0.5, 0.6) is 0 Å². The van der Waals surface area contributed by atoms with Crippen LogP contribution in [0, 0.1) is 0 Å². The molecule has 11 nitrogen and oxygen atoms in total. The highest BCUT2D eigenvalue weighted by molar-refractivity contribution is 7.89. The van der Waals surface area contributed by atoms with Crippen LogP contribution in [0.15, 0.2) is 34.1 Å². The molecule has 0 radical (unpaired) electrons. The van der Waals surface area contributed by atoms with E-state index in [0.717, 1.165) is 4.31 Å². The summed E-state index contributed by atoms with van der Waals surface area (Å²) in [5.74, 6) is -0.606. The van der Waals surface area contributed by atoms with Crippen molar-refractivity contribution in [2.75, 3.05) is 33.8 Å². The molecule has 3 aromatic rings. The van der Waals surface area contributed by atoms with E-state index in [1.807, 2.05) is 6.92 Å². The molecule has 0 unspecified atom stereocenters. The van der Waals surface area contributed by atoms with Gasteiger partial charge in [-0.05, 0) is 45.4 Å². The third-order valence-corrected chi connectivity index (χ3v) is 7.29. The standard InChI is InChI=1S/C24H32N4O7S/c1-7-12-34-22(30)17-14-25-20-19(17)16-13-15(8-9-18(16)26-21(20)29)36(32,33)28(6)11-10-27(5)23(31)35-24(2,3)4/h8-9,13-14,25H,7,10-12H2,1-6H3,(H,26,29). The molecular weight excluding hydrogens is 488 g/mol. The number of aromatic nitrogens is 2. The third-order valence-electron chi connectivity index (χ3n) is 5.44. The van der Waals surface area contributed by atoms with Crippen LogP contribution in [0.3, 0.4) is 0 Å². The van der Waals surface area contributed by atoms with E-state index < -0.39 is 33.2 Å². The number of carbonyl (C=O) groups excluding carboxylic acids is 2. The normalized spacial score (nSPS) is 12.3. The molecule has 0 aliphatic carbocycles. The number of H-pyrrole nitrogens is 2. The quantitative estimate of drug-likeness (QED) is 0.435. The van der Waals surface area contributed by atoms with Crippen molar-refractivity contribution in [3.8, 4) is 0 Å². The van der Waals surface area contributed by atoms with Crippen molar-refractivity contribution in [3.63, 3.8) is 0 Å². The van der Waals surface area contributed by atoms with Gasteiger partial charge in [0, 0.05) is 49.7 Å². The zero-order chi connectivity index (χ0) is 26.8. The molecule has 1 amide bonds. The summed E-state index contributed by atoms with van der Waals surface area (Å²) in [5.41, 5.74) is -0.432. The van der Waals surface area contributed by atoms with E-state index in [1.54, 1.807) is 20.8 Å². The number of ether oxygens (including phenoxy) is 2. The number of fused-ring (bicyclic) bond motifs is 3. The lowest BCUT2D eigenvalue weighted by atomic mass is 10.1. The average molecular weight is 521 g/mol. The van der Waals surface area contributed by atoms with Crippen LogP contribution in [0.25, 0.3) is 21.8 Å². The number of sulfonamides is 1. The topological polar surface area (TPSA) is 142 Å². The van der Waals surface area contributed by atoms with E-state index in [1.165, 1.54) is 43.4 Å². The van der Waals surface area contributed by atoms with Gasteiger partial charge in [-0.2, -0.15) is 4.31 Å². The molecular formula is C24H32N4O7S. The van der Waals surface area contributed by atoms with E-state index in [4.69, 9.17) is 9.47 Å². The van der Waals surface area contributed by atoms with Crippen LogP contribution < -0.4 is 5.56 Å². The van der Waals surface area contributed by atoms with E-state index in [0.29, 0.717) is 22.7 Å². The van der Waals surface area contributed by atoms with Crippen LogP contribution in [-0.2, 0) is 19.5 Å². The molecule has 2 aromatic heterocycles. The zero-order valence-corrected chi connectivity index (χ0v) is 22.1. The molecule has 2 N–H and O–H groups in total. The molecule has 0 aliphatic rings. The number of rotatable bonds is 8. The largest absolute Gasteiger partial charge is 0.462 e. The first-order valence-corrected chi connectivity index (χ1v) is 12.9. The number of nitrogens with one attached hydrogen (secondary N) is 2. The number of amides is 1. The number of hydrogen-bond donors (Lipinski definition) is 2. The Labute approximate surface area is 209 Å². The number of carbonyl (C=O) groups is 2. The lowest BCUT2D eigenvalue weighted by Gasteiger charge is -2.26. The maximum Gasteiger partial charge on any atom is 0.410 e. The highest BCUT2D eigenvalue weighted by atomic mass is 32.2. The van der Waals surface area contributed by atoms with Crippen LogP contribution in [0.4, 0.5) is 4.79 Å². The second-order valence-corrected chi connectivity index (χ2v) is 11.5. The van der Waals surface area contributed by atoms with Crippen LogP contribution in [0.2, 0.25) is 0 Å². The van der Waals surface area contributed by atoms with Gasteiger partial charge in [-0.3, -0.25) is 4.79 Å². The number of aromatic amines is 2. The molecule has 0 atom stereocenters. The minimum Gasteiger partial charge on any atom is -0.462 e. The summed E-state index contributed by atoms with van der Waals surface area (Å²) < 4.78 is 38.3. The molecule has 0 aliphatic heterocycles. The minimum absolute atomic E-state index is 0.0237. The lowest BCUT2D eigenvalue weighted by molar-refractivity contribution is 0.0294. The van der Waals surface area contributed by atoms with E-state index in [2.05, 4.69) is 9.97 Å². The second kappa shape index (κ2) is 10.3. The molecule has 196 valence electrons. The summed E-state index contributed by atoms with van der Waals surface area (Å²) in [6.07, 6.45) is 1.46. The lowest BCUT2D eigenvalue weighted by Crippen LogP contribution is -2.39. The Morgan fingerprint density at radius 1 is 1.11 bits per heavy atom. The number of benzene rings is 1. The van der Waals surface area contributed by atoms with Gasteiger partial charge in [0.15, 0.2) is 0 Å². The number of nitrogens with zero attached hydrogens (tertiary/aromatic N) is 2. The van der Waals surface area contributed by atoms with Crippen LogP contribution in [0.1, 0.15) is 44.5 Å². The molecule has 36 heavy (non-hydrogen) atoms. The molecule has 0 saturated carbocycles.